The van der Waals surface area contributed by atoms with Crippen molar-refractivity contribution in [3.8, 4) is 0 Å². The molecule has 17 heavy (non-hydrogen) atoms. The Hall–Kier alpha value is -1.77. The number of anilines is 1. The van der Waals surface area contributed by atoms with Gasteiger partial charge in [-0.2, -0.15) is 21.6 Å². The van der Waals surface area contributed by atoms with Crippen LogP contribution in [0.4, 0.5) is 18.9 Å². The van der Waals surface area contributed by atoms with E-state index in [1.165, 1.54) is 16.9 Å². The van der Waals surface area contributed by atoms with Crippen LogP contribution < -0.4 is 4.72 Å². The number of benzene rings is 1. The van der Waals surface area contributed by atoms with Crippen LogP contribution in [0.2, 0.25) is 0 Å². The van der Waals surface area contributed by atoms with Gasteiger partial charge in [0, 0.05) is 0 Å². The Balaban J connectivity index is 3.18. The summed E-state index contributed by atoms with van der Waals surface area (Å²) in [6, 6.07) is 4.37. The van der Waals surface area contributed by atoms with E-state index in [2.05, 4.69) is 0 Å². The highest BCUT2D eigenvalue weighted by Crippen LogP contribution is 2.26. The van der Waals surface area contributed by atoms with E-state index >= 15 is 0 Å². The second kappa shape index (κ2) is 4.24. The van der Waals surface area contributed by atoms with Crippen LogP contribution in [-0.2, 0) is 10.0 Å². The smallest absolute Gasteiger partial charge is 0.478 e. The van der Waals surface area contributed by atoms with Gasteiger partial charge in [0.1, 0.15) is 0 Å². The number of hydrogen-bond donors (Lipinski definition) is 2. The molecule has 9 heteroatoms. The second-order valence-corrected chi connectivity index (χ2v) is 4.58. The molecule has 0 bridgehead atoms. The third-order valence-corrected chi connectivity index (χ3v) is 2.80. The zero-order valence-corrected chi connectivity index (χ0v) is 8.84. The maximum absolute atomic E-state index is 12.1. The van der Waals surface area contributed by atoms with Crippen LogP contribution in [0.15, 0.2) is 24.3 Å². The first-order valence-corrected chi connectivity index (χ1v) is 5.55. The molecule has 0 saturated carbocycles. The third-order valence-electron chi connectivity index (χ3n) is 1.71. The largest absolute Gasteiger partial charge is 0.516 e. The number of sulfonamides is 1. The summed E-state index contributed by atoms with van der Waals surface area (Å²) >= 11 is 0. The summed E-state index contributed by atoms with van der Waals surface area (Å²) in [6.45, 7) is 0. The first-order chi connectivity index (χ1) is 7.65. The molecule has 0 radical (unpaired) electrons. The van der Waals surface area contributed by atoms with Crippen LogP contribution in [0.3, 0.4) is 0 Å². The lowest BCUT2D eigenvalue weighted by atomic mass is 10.2. The average molecular weight is 269 g/mol. The summed E-state index contributed by atoms with van der Waals surface area (Å²) < 4.78 is 58.9. The van der Waals surface area contributed by atoms with E-state index in [0.717, 1.165) is 12.1 Å². The molecule has 0 aliphatic carbocycles. The van der Waals surface area contributed by atoms with Crippen LogP contribution >= 0.6 is 0 Å². The van der Waals surface area contributed by atoms with Crippen LogP contribution in [0, 0.1) is 0 Å². The monoisotopic (exact) mass is 269 g/mol. The molecule has 0 saturated heterocycles. The number of nitrogens with one attached hydrogen (secondary N) is 1. The number of carboxylic acids is 1. The van der Waals surface area contributed by atoms with Gasteiger partial charge in [0.25, 0.3) is 0 Å². The van der Waals surface area contributed by atoms with Crippen molar-refractivity contribution in [3.05, 3.63) is 29.8 Å². The number of para-hydroxylation sites is 1. The third kappa shape index (κ3) is 2.87. The molecule has 0 spiro atoms. The van der Waals surface area contributed by atoms with Crippen LogP contribution in [0.5, 0.6) is 0 Å². The van der Waals surface area contributed by atoms with E-state index in [1.807, 2.05) is 0 Å². The molecule has 94 valence electrons. The highest BCUT2D eigenvalue weighted by Gasteiger charge is 2.46. The topological polar surface area (TPSA) is 83.5 Å². The number of aromatic carboxylic acids is 1. The van der Waals surface area contributed by atoms with Gasteiger partial charge in [0.2, 0.25) is 0 Å². The first kappa shape index (κ1) is 13.3. The molecule has 2 N–H and O–H groups in total. The number of hydrogen-bond acceptors (Lipinski definition) is 3. The fourth-order valence-corrected chi connectivity index (χ4v) is 1.54. The minimum atomic E-state index is -5.62. The minimum absolute atomic E-state index is 0.569. The second-order valence-electron chi connectivity index (χ2n) is 2.90. The maximum atomic E-state index is 12.1. The molecule has 0 atom stereocenters. The predicted molar refractivity (Wildman–Crippen MR) is 52.0 cm³/mol. The van der Waals surface area contributed by atoms with Gasteiger partial charge in [-0.25, -0.2) is 4.79 Å². The summed E-state index contributed by atoms with van der Waals surface area (Å²) in [7, 11) is -5.62. The van der Waals surface area contributed by atoms with E-state index in [-0.39, 0.29) is 0 Å². The number of rotatable bonds is 3. The van der Waals surface area contributed by atoms with Gasteiger partial charge in [-0.3, -0.25) is 4.72 Å². The van der Waals surface area contributed by atoms with Crippen molar-refractivity contribution in [1.82, 2.24) is 0 Å². The Kier molecular flexibility index (Phi) is 3.32. The molecule has 0 unspecified atom stereocenters. The van der Waals surface area contributed by atoms with Gasteiger partial charge in [-0.15, -0.1) is 0 Å². The minimum Gasteiger partial charge on any atom is -0.478 e. The standard InChI is InChI=1S/C8H6F3NO4S/c9-8(10,11)17(15,16)12-6-4-2-1-3-5(6)7(13)14/h1-4,12H,(H,13,14). The average Bonchev–Trinajstić information content (AvgIpc) is 2.15. The lowest BCUT2D eigenvalue weighted by Crippen LogP contribution is -2.30. The molecule has 0 aromatic heterocycles. The van der Waals surface area contributed by atoms with Gasteiger partial charge in [0.15, 0.2) is 0 Å². The molecular weight excluding hydrogens is 263 g/mol. The molecular formula is C8H6F3NO4S. The van der Waals surface area contributed by atoms with E-state index < -0.39 is 32.8 Å². The summed E-state index contributed by atoms with van der Waals surface area (Å²) in [5.74, 6) is -1.54. The van der Waals surface area contributed by atoms with Crippen molar-refractivity contribution >= 4 is 21.7 Å². The number of halogens is 3. The van der Waals surface area contributed by atoms with E-state index in [4.69, 9.17) is 5.11 Å². The molecule has 5 nitrogen and oxygen atoms in total. The predicted octanol–water partition coefficient (Wildman–Crippen LogP) is 1.65. The van der Waals surface area contributed by atoms with Gasteiger partial charge in [-0.1, -0.05) is 12.1 Å². The van der Waals surface area contributed by atoms with Crippen molar-refractivity contribution in [2.45, 2.75) is 5.51 Å². The van der Waals surface area contributed by atoms with Crippen molar-refractivity contribution < 1.29 is 31.5 Å². The van der Waals surface area contributed by atoms with Gasteiger partial charge < -0.3 is 5.11 Å². The van der Waals surface area contributed by atoms with Gasteiger partial charge >= 0.3 is 21.5 Å². The zero-order valence-electron chi connectivity index (χ0n) is 8.02. The molecule has 1 rings (SSSR count). The van der Waals surface area contributed by atoms with Crippen molar-refractivity contribution in [1.29, 1.82) is 0 Å². The molecule has 0 amide bonds. The summed E-state index contributed by atoms with van der Waals surface area (Å²) in [6.07, 6.45) is 0. The summed E-state index contributed by atoms with van der Waals surface area (Å²) in [5.41, 5.74) is -6.71. The van der Waals surface area contributed by atoms with Crippen molar-refractivity contribution in [2.75, 3.05) is 4.72 Å². The first-order valence-electron chi connectivity index (χ1n) is 4.06. The molecule has 0 aliphatic rings. The lowest BCUT2D eigenvalue weighted by Gasteiger charge is -2.11. The van der Waals surface area contributed by atoms with Crippen molar-refractivity contribution in [3.63, 3.8) is 0 Å². The van der Waals surface area contributed by atoms with Gasteiger partial charge in [-0.05, 0) is 12.1 Å². The number of carbonyl (C=O) groups is 1. The van der Waals surface area contributed by atoms with Crippen LogP contribution in [-0.4, -0.2) is 25.0 Å². The zero-order chi connectivity index (χ0) is 13.3. The maximum Gasteiger partial charge on any atom is 0.516 e. The highest BCUT2D eigenvalue weighted by atomic mass is 32.2. The SMILES string of the molecule is O=C(O)c1ccccc1NS(=O)(=O)C(F)(F)F. The molecule has 0 fully saturated rings. The fourth-order valence-electron chi connectivity index (χ4n) is 0.961. The molecule has 1 aromatic rings. The normalized spacial score (nSPS) is 12.2. The Morgan fingerprint density at radius 1 is 1.24 bits per heavy atom. The van der Waals surface area contributed by atoms with Crippen LogP contribution in [0.1, 0.15) is 10.4 Å². The van der Waals surface area contributed by atoms with Crippen molar-refractivity contribution in [2.24, 2.45) is 0 Å². The Labute approximate surface area is 93.9 Å². The highest BCUT2D eigenvalue weighted by molar-refractivity contribution is 7.93. The molecule has 1 aromatic carbocycles. The van der Waals surface area contributed by atoms with E-state index in [9.17, 15) is 26.4 Å². The van der Waals surface area contributed by atoms with E-state index in [0.29, 0.717) is 0 Å². The van der Waals surface area contributed by atoms with E-state index in [1.54, 1.807) is 0 Å². The molecule has 0 heterocycles. The number of carboxylic acid groups (broad SMARTS) is 1. The Bertz CT molecular complexity index is 538. The fraction of sp³-hybridized carbons (Fsp3) is 0.125. The number of alkyl halides is 3. The molecule has 0 aliphatic heterocycles. The summed E-state index contributed by atoms with van der Waals surface area (Å²) in [5, 5.41) is 8.65. The Morgan fingerprint density at radius 3 is 2.24 bits per heavy atom. The Morgan fingerprint density at radius 2 is 1.76 bits per heavy atom. The lowest BCUT2D eigenvalue weighted by molar-refractivity contribution is -0.0429. The van der Waals surface area contributed by atoms with Crippen LogP contribution in [0.25, 0.3) is 0 Å². The quantitative estimate of drug-likeness (QED) is 0.873. The van der Waals surface area contributed by atoms with Gasteiger partial charge in [0.05, 0.1) is 11.3 Å². The summed E-state index contributed by atoms with van der Waals surface area (Å²) in [4.78, 5) is 10.6.